The lowest BCUT2D eigenvalue weighted by molar-refractivity contribution is 0.543. The number of nitrogens with two attached hydrogens (primary N) is 1. The minimum atomic E-state index is 0.280. The number of thioether (sulfide) groups is 1. The van der Waals surface area contributed by atoms with Crippen molar-refractivity contribution < 1.29 is 0 Å². The highest BCUT2D eigenvalue weighted by atomic mass is 32.2. The van der Waals surface area contributed by atoms with Gasteiger partial charge in [-0.2, -0.15) is 0 Å². The fourth-order valence-corrected chi connectivity index (χ4v) is 3.07. The Balaban J connectivity index is 2.37. The van der Waals surface area contributed by atoms with Crippen molar-refractivity contribution in [2.75, 3.05) is 5.75 Å². The summed E-state index contributed by atoms with van der Waals surface area (Å²) in [6.07, 6.45) is 1.22. The minimum Gasteiger partial charge on any atom is -0.327 e. The van der Waals surface area contributed by atoms with Crippen LogP contribution in [0.5, 0.6) is 0 Å². The molecule has 0 aromatic heterocycles. The smallest absolute Gasteiger partial charge is 0.0107 e. The molecular formula is C11H15NS. The first-order valence-electron chi connectivity index (χ1n) is 4.76. The minimum absolute atomic E-state index is 0.280. The Morgan fingerprint density at radius 1 is 1.46 bits per heavy atom. The second-order valence-electron chi connectivity index (χ2n) is 3.64. The van der Waals surface area contributed by atoms with Crippen LogP contribution in [0.2, 0.25) is 0 Å². The van der Waals surface area contributed by atoms with Crippen molar-refractivity contribution in [1.82, 2.24) is 0 Å². The summed E-state index contributed by atoms with van der Waals surface area (Å²) in [5.41, 5.74) is 7.43. The van der Waals surface area contributed by atoms with Gasteiger partial charge in [0, 0.05) is 16.9 Å². The van der Waals surface area contributed by atoms with Crippen LogP contribution >= 0.6 is 11.8 Å². The van der Waals surface area contributed by atoms with Gasteiger partial charge in [0.15, 0.2) is 0 Å². The largest absolute Gasteiger partial charge is 0.327 e. The van der Waals surface area contributed by atoms with Crippen LogP contribution in [-0.4, -0.2) is 11.8 Å². The predicted octanol–water partition coefficient (Wildman–Crippen LogP) is 2.61. The Morgan fingerprint density at radius 2 is 2.23 bits per heavy atom. The van der Waals surface area contributed by atoms with E-state index in [9.17, 15) is 0 Å². The van der Waals surface area contributed by atoms with E-state index in [0.29, 0.717) is 5.92 Å². The molecule has 0 bridgehead atoms. The summed E-state index contributed by atoms with van der Waals surface area (Å²) in [5.74, 6) is 1.78. The summed E-state index contributed by atoms with van der Waals surface area (Å²) >= 11 is 1.95. The van der Waals surface area contributed by atoms with Gasteiger partial charge in [0.25, 0.3) is 0 Å². The molecule has 0 radical (unpaired) electrons. The molecule has 2 atom stereocenters. The van der Waals surface area contributed by atoms with E-state index >= 15 is 0 Å². The molecule has 0 amide bonds. The molecule has 1 nitrogen and oxygen atoms in total. The monoisotopic (exact) mass is 193 g/mol. The first-order chi connectivity index (χ1) is 6.29. The Kier molecular flexibility index (Phi) is 2.61. The van der Waals surface area contributed by atoms with Crippen molar-refractivity contribution in [3.8, 4) is 0 Å². The highest BCUT2D eigenvalue weighted by Crippen LogP contribution is 2.38. The van der Waals surface area contributed by atoms with E-state index in [1.54, 1.807) is 0 Å². The number of hydrogen-bond donors (Lipinski definition) is 1. The highest BCUT2D eigenvalue weighted by Gasteiger charge is 2.22. The summed E-state index contributed by atoms with van der Waals surface area (Å²) in [6, 6.07) is 8.92. The average Bonchev–Trinajstić information content (AvgIpc) is 2.17. The quantitative estimate of drug-likeness (QED) is 0.742. The Morgan fingerprint density at radius 3 is 3.00 bits per heavy atom. The molecule has 13 heavy (non-hydrogen) atoms. The molecule has 2 heteroatoms. The number of benzene rings is 1. The van der Waals surface area contributed by atoms with Crippen LogP contribution in [0.3, 0.4) is 0 Å². The maximum atomic E-state index is 5.97. The first kappa shape index (κ1) is 9.10. The second-order valence-corrected chi connectivity index (χ2v) is 4.78. The molecule has 1 aliphatic heterocycles. The van der Waals surface area contributed by atoms with E-state index in [-0.39, 0.29) is 6.04 Å². The van der Waals surface area contributed by atoms with Gasteiger partial charge in [-0.25, -0.2) is 0 Å². The number of fused-ring (bicyclic) bond motifs is 1. The van der Waals surface area contributed by atoms with Crippen LogP contribution in [-0.2, 0) is 0 Å². The zero-order chi connectivity index (χ0) is 9.26. The summed E-state index contributed by atoms with van der Waals surface area (Å²) in [7, 11) is 0. The van der Waals surface area contributed by atoms with Gasteiger partial charge in [-0.05, 0) is 30.7 Å². The molecule has 70 valence electrons. The molecule has 2 unspecified atom stereocenters. The third kappa shape index (κ3) is 1.74. The van der Waals surface area contributed by atoms with Crippen molar-refractivity contribution in [3.05, 3.63) is 29.8 Å². The van der Waals surface area contributed by atoms with Crippen molar-refractivity contribution in [2.45, 2.75) is 30.2 Å². The molecule has 1 aromatic carbocycles. The molecule has 2 rings (SSSR count). The summed E-state index contributed by atoms with van der Waals surface area (Å²) in [5, 5.41) is 0. The second kappa shape index (κ2) is 3.72. The first-order valence-corrected chi connectivity index (χ1v) is 5.75. The molecule has 1 heterocycles. The van der Waals surface area contributed by atoms with E-state index in [1.807, 2.05) is 11.8 Å². The Bertz CT molecular complexity index is 296. The maximum Gasteiger partial charge on any atom is 0.0107 e. The fourth-order valence-electron chi connectivity index (χ4n) is 1.92. The molecule has 2 N–H and O–H groups in total. The predicted molar refractivity (Wildman–Crippen MR) is 58.2 cm³/mol. The molecular weight excluding hydrogens is 178 g/mol. The van der Waals surface area contributed by atoms with Gasteiger partial charge < -0.3 is 5.73 Å². The molecule has 0 fully saturated rings. The zero-order valence-corrected chi connectivity index (χ0v) is 8.68. The van der Waals surface area contributed by atoms with Gasteiger partial charge >= 0.3 is 0 Å². The SMILES string of the molecule is CC(N)C1CCSc2ccccc21. The van der Waals surface area contributed by atoms with E-state index in [4.69, 9.17) is 5.73 Å². The van der Waals surface area contributed by atoms with Gasteiger partial charge in [-0.1, -0.05) is 18.2 Å². The van der Waals surface area contributed by atoms with Gasteiger partial charge in [-0.3, -0.25) is 0 Å². The molecule has 0 saturated carbocycles. The van der Waals surface area contributed by atoms with Crippen LogP contribution in [0.4, 0.5) is 0 Å². The number of rotatable bonds is 1. The molecule has 0 aliphatic carbocycles. The van der Waals surface area contributed by atoms with Crippen LogP contribution in [0.1, 0.15) is 24.8 Å². The Hall–Kier alpha value is -0.470. The topological polar surface area (TPSA) is 26.0 Å². The summed E-state index contributed by atoms with van der Waals surface area (Å²) in [6.45, 7) is 2.11. The van der Waals surface area contributed by atoms with Gasteiger partial charge in [0.2, 0.25) is 0 Å². The molecule has 0 spiro atoms. The van der Waals surface area contributed by atoms with Gasteiger partial charge in [0.1, 0.15) is 0 Å². The third-order valence-corrected chi connectivity index (χ3v) is 3.76. The summed E-state index contributed by atoms with van der Waals surface area (Å²) in [4.78, 5) is 1.43. The lowest BCUT2D eigenvalue weighted by Gasteiger charge is -2.27. The van der Waals surface area contributed by atoms with Crippen LogP contribution < -0.4 is 5.73 Å². The molecule has 1 aliphatic rings. The molecule has 1 aromatic rings. The normalized spacial score (nSPS) is 23.7. The van der Waals surface area contributed by atoms with Crippen LogP contribution in [0, 0.1) is 0 Å². The highest BCUT2D eigenvalue weighted by molar-refractivity contribution is 7.99. The third-order valence-electron chi connectivity index (χ3n) is 2.64. The standard InChI is InChI=1S/C11H15NS/c1-8(12)9-6-7-13-11-5-3-2-4-10(9)11/h2-5,8-9H,6-7,12H2,1H3. The zero-order valence-electron chi connectivity index (χ0n) is 7.86. The number of hydrogen-bond acceptors (Lipinski definition) is 2. The van der Waals surface area contributed by atoms with E-state index in [2.05, 4.69) is 31.2 Å². The summed E-state index contributed by atoms with van der Waals surface area (Å²) < 4.78 is 0. The van der Waals surface area contributed by atoms with Crippen molar-refractivity contribution in [1.29, 1.82) is 0 Å². The van der Waals surface area contributed by atoms with Crippen molar-refractivity contribution in [3.63, 3.8) is 0 Å². The molecule has 0 saturated heterocycles. The van der Waals surface area contributed by atoms with Gasteiger partial charge in [-0.15, -0.1) is 11.8 Å². The van der Waals surface area contributed by atoms with Crippen molar-refractivity contribution >= 4 is 11.8 Å². The van der Waals surface area contributed by atoms with E-state index in [0.717, 1.165) is 0 Å². The van der Waals surface area contributed by atoms with Crippen LogP contribution in [0.25, 0.3) is 0 Å². The van der Waals surface area contributed by atoms with Gasteiger partial charge in [0.05, 0.1) is 0 Å². The van der Waals surface area contributed by atoms with E-state index in [1.165, 1.54) is 22.6 Å². The van der Waals surface area contributed by atoms with E-state index < -0.39 is 0 Å². The van der Waals surface area contributed by atoms with Crippen LogP contribution in [0.15, 0.2) is 29.2 Å². The average molecular weight is 193 g/mol. The Labute approximate surface area is 83.7 Å². The lowest BCUT2D eigenvalue weighted by atomic mass is 9.90. The fraction of sp³-hybridized carbons (Fsp3) is 0.455. The van der Waals surface area contributed by atoms with Crippen molar-refractivity contribution in [2.24, 2.45) is 5.73 Å². The lowest BCUT2D eigenvalue weighted by Crippen LogP contribution is -2.27. The maximum absolute atomic E-state index is 5.97.